The number of nitrogens with one attached hydrogen (secondary N) is 1. The summed E-state index contributed by atoms with van der Waals surface area (Å²) in [5.41, 5.74) is 1.82. The SMILES string of the molecule is COC(=O)c1ccc(NC(=O)CCCCC(=O)O)c(C)c1. The molecule has 0 unspecified atom stereocenters. The van der Waals surface area contributed by atoms with E-state index in [0.717, 1.165) is 5.56 Å². The van der Waals surface area contributed by atoms with Crippen molar-refractivity contribution in [3.63, 3.8) is 0 Å². The molecule has 0 saturated carbocycles. The van der Waals surface area contributed by atoms with E-state index in [1.54, 1.807) is 25.1 Å². The first-order valence-corrected chi connectivity index (χ1v) is 6.64. The van der Waals surface area contributed by atoms with Gasteiger partial charge >= 0.3 is 11.9 Å². The van der Waals surface area contributed by atoms with E-state index in [1.165, 1.54) is 7.11 Å². The van der Waals surface area contributed by atoms with Crippen LogP contribution in [0, 0.1) is 6.92 Å². The number of aliphatic carboxylic acids is 1. The van der Waals surface area contributed by atoms with E-state index >= 15 is 0 Å². The van der Waals surface area contributed by atoms with Crippen LogP contribution in [0.25, 0.3) is 0 Å². The summed E-state index contributed by atoms with van der Waals surface area (Å²) in [7, 11) is 1.31. The summed E-state index contributed by atoms with van der Waals surface area (Å²) in [6, 6.07) is 4.88. The molecule has 0 fully saturated rings. The summed E-state index contributed by atoms with van der Waals surface area (Å²) >= 11 is 0. The molecule has 0 radical (unpaired) electrons. The maximum Gasteiger partial charge on any atom is 0.337 e. The number of carboxylic acids is 1. The van der Waals surface area contributed by atoms with Gasteiger partial charge < -0.3 is 15.2 Å². The number of esters is 1. The third-order valence-electron chi connectivity index (χ3n) is 2.97. The number of methoxy groups -OCH3 is 1. The summed E-state index contributed by atoms with van der Waals surface area (Å²) in [5, 5.41) is 11.2. The molecular formula is C15H19NO5. The third-order valence-corrected chi connectivity index (χ3v) is 2.97. The molecule has 6 heteroatoms. The highest BCUT2D eigenvalue weighted by Gasteiger charge is 2.09. The van der Waals surface area contributed by atoms with Crippen molar-refractivity contribution in [1.29, 1.82) is 0 Å². The zero-order valence-corrected chi connectivity index (χ0v) is 12.1. The van der Waals surface area contributed by atoms with Crippen LogP contribution >= 0.6 is 0 Å². The van der Waals surface area contributed by atoms with Gasteiger partial charge in [0.2, 0.25) is 5.91 Å². The minimum Gasteiger partial charge on any atom is -0.481 e. The van der Waals surface area contributed by atoms with Crippen molar-refractivity contribution in [2.24, 2.45) is 0 Å². The highest BCUT2D eigenvalue weighted by molar-refractivity contribution is 5.94. The van der Waals surface area contributed by atoms with Gasteiger partial charge in [-0.2, -0.15) is 0 Å². The number of carbonyl (C=O) groups is 3. The summed E-state index contributed by atoms with van der Waals surface area (Å²) in [5.74, 6) is -1.45. The number of amides is 1. The van der Waals surface area contributed by atoms with Crippen LogP contribution in [0.2, 0.25) is 0 Å². The molecule has 6 nitrogen and oxygen atoms in total. The Bertz CT molecular complexity index is 539. The lowest BCUT2D eigenvalue weighted by Crippen LogP contribution is -2.13. The number of unbranched alkanes of at least 4 members (excludes halogenated alkanes) is 1. The monoisotopic (exact) mass is 293 g/mol. The number of carboxylic acid groups (broad SMARTS) is 1. The Balaban J connectivity index is 2.53. The van der Waals surface area contributed by atoms with E-state index in [-0.39, 0.29) is 18.7 Å². The third kappa shape index (κ3) is 5.64. The minimum atomic E-state index is -0.857. The van der Waals surface area contributed by atoms with Gasteiger partial charge in [-0.25, -0.2) is 4.79 Å². The van der Waals surface area contributed by atoms with Crippen molar-refractivity contribution in [3.8, 4) is 0 Å². The molecular weight excluding hydrogens is 274 g/mol. The van der Waals surface area contributed by atoms with Crippen LogP contribution in [-0.2, 0) is 14.3 Å². The largest absolute Gasteiger partial charge is 0.481 e. The minimum absolute atomic E-state index is 0.0696. The molecule has 0 aromatic heterocycles. The van der Waals surface area contributed by atoms with Gasteiger partial charge in [0.15, 0.2) is 0 Å². The molecule has 1 amide bonds. The fourth-order valence-corrected chi connectivity index (χ4v) is 1.82. The standard InChI is InChI=1S/C15H19NO5/c1-10-9-11(15(20)21-2)7-8-12(10)16-13(17)5-3-4-6-14(18)19/h7-9H,3-6H2,1-2H3,(H,16,17)(H,18,19). The van der Waals surface area contributed by atoms with E-state index in [9.17, 15) is 14.4 Å². The molecule has 0 heterocycles. The van der Waals surface area contributed by atoms with Gasteiger partial charge in [0.1, 0.15) is 0 Å². The second-order valence-electron chi connectivity index (χ2n) is 4.67. The highest BCUT2D eigenvalue weighted by atomic mass is 16.5. The normalized spacial score (nSPS) is 10.0. The number of rotatable bonds is 7. The first-order valence-electron chi connectivity index (χ1n) is 6.64. The average Bonchev–Trinajstić information content (AvgIpc) is 2.44. The predicted molar refractivity (Wildman–Crippen MR) is 77.3 cm³/mol. The topological polar surface area (TPSA) is 92.7 Å². The summed E-state index contributed by atoms with van der Waals surface area (Å²) in [6.07, 6.45) is 1.34. The second kappa shape index (κ2) is 8.04. The lowest BCUT2D eigenvalue weighted by Gasteiger charge is -2.09. The van der Waals surface area contributed by atoms with E-state index in [2.05, 4.69) is 10.1 Å². The number of anilines is 1. The lowest BCUT2D eigenvalue weighted by molar-refractivity contribution is -0.137. The van der Waals surface area contributed by atoms with Crippen LogP contribution in [0.5, 0.6) is 0 Å². The van der Waals surface area contributed by atoms with E-state index in [4.69, 9.17) is 5.11 Å². The number of benzene rings is 1. The van der Waals surface area contributed by atoms with Crippen LogP contribution in [0.1, 0.15) is 41.6 Å². The summed E-state index contributed by atoms with van der Waals surface area (Å²) in [6.45, 7) is 1.78. The number of hydrogen-bond donors (Lipinski definition) is 2. The Kier molecular flexibility index (Phi) is 6.39. The van der Waals surface area contributed by atoms with Crippen LogP contribution in [0.3, 0.4) is 0 Å². The Labute approximate surface area is 123 Å². The zero-order chi connectivity index (χ0) is 15.8. The number of aryl methyl sites for hydroxylation is 1. The molecule has 114 valence electrons. The maximum absolute atomic E-state index is 11.7. The molecule has 2 N–H and O–H groups in total. The highest BCUT2D eigenvalue weighted by Crippen LogP contribution is 2.17. The van der Waals surface area contributed by atoms with Crippen molar-refractivity contribution in [3.05, 3.63) is 29.3 Å². The first-order chi connectivity index (χ1) is 9.93. The van der Waals surface area contributed by atoms with Crippen LogP contribution < -0.4 is 5.32 Å². The Hall–Kier alpha value is -2.37. The number of hydrogen-bond acceptors (Lipinski definition) is 4. The van der Waals surface area contributed by atoms with Gasteiger partial charge in [-0.05, 0) is 43.5 Å². The van der Waals surface area contributed by atoms with E-state index < -0.39 is 11.9 Å². The average molecular weight is 293 g/mol. The number of carbonyl (C=O) groups excluding carboxylic acids is 2. The molecule has 0 aliphatic carbocycles. The zero-order valence-electron chi connectivity index (χ0n) is 12.1. The Morgan fingerprint density at radius 3 is 2.43 bits per heavy atom. The summed E-state index contributed by atoms with van der Waals surface area (Å²) in [4.78, 5) is 33.5. The Morgan fingerprint density at radius 2 is 1.86 bits per heavy atom. The fourth-order valence-electron chi connectivity index (χ4n) is 1.82. The molecule has 0 aliphatic rings. The van der Waals surface area contributed by atoms with Crippen LogP contribution in [0.4, 0.5) is 5.69 Å². The van der Waals surface area contributed by atoms with Crippen LogP contribution in [0.15, 0.2) is 18.2 Å². The molecule has 1 aromatic carbocycles. The molecule has 0 atom stereocenters. The van der Waals surface area contributed by atoms with Gasteiger partial charge in [-0.3, -0.25) is 9.59 Å². The van der Waals surface area contributed by atoms with E-state index in [0.29, 0.717) is 24.1 Å². The van der Waals surface area contributed by atoms with Crippen LogP contribution in [-0.4, -0.2) is 30.1 Å². The van der Waals surface area contributed by atoms with Gasteiger partial charge in [-0.1, -0.05) is 0 Å². The molecule has 0 saturated heterocycles. The smallest absolute Gasteiger partial charge is 0.337 e. The molecule has 1 aromatic rings. The van der Waals surface area contributed by atoms with Crippen molar-refractivity contribution in [1.82, 2.24) is 0 Å². The van der Waals surface area contributed by atoms with Crippen molar-refractivity contribution in [2.75, 3.05) is 12.4 Å². The van der Waals surface area contributed by atoms with Crippen molar-refractivity contribution in [2.45, 2.75) is 32.6 Å². The van der Waals surface area contributed by atoms with E-state index in [1.807, 2.05) is 0 Å². The quantitative estimate of drug-likeness (QED) is 0.594. The van der Waals surface area contributed by atoms with Crippen molar-refractivity contribution < 1.29 is 24.2 Å². The summed E-state index contributed by atoms with van der Waals surface area (Å²) < 4.78 is 4.62. The molecule has 0 spiro atoms. The Morgan fingerprint density at radius 1 is 1.19 bits per heavy atom. The molecule has 1 rings (SSSR count). The van der Waals surface area contributed by atoms with Gasteiger partial charge in [-0.15, -0.1) is 0 Å². The first kappa shape index (κ1) is 16.7. The lowest BCUT2D eigenvalue weighted by atomic mass is 10.1. The second-order valence-corrected chi connectivity index (χ2v) is 4.67. The number of ether oxygens (including phenoxy) is 1. The fraction of sp³-hybridized carbons (Fsp3) is 0.400. The van der Waals surface area contributed by atoms with Crippen molar-refractivity contribution >= 4 is 23.5 Å². The molecule has 0 bridgehead atoms. The molecule has 21 heavy (non-hydrogen) atoms. The molecule has 0 aliphatic heterocycles. The van der Waals surface area contributed by atoms with Gasteiger partial charge in [0, 0.05) is 18.5 Å². The predicted octanol–water partition coefficient (Wildman–Crippen LogP) is 2.37. The maximum atomic E-state index is 11.7. The van der Waals surface area contributed by atoms with Gasteiger partial charge in [0.05, 0.1) is 12.7 Å². The van der Waals surface area contributed by atoms with Gasteiger partial charge in [0.25, 0.3) is 0 Å².